The predicted molar refractivity (Wildman–Crippen MR) is 153 cm³/mol. The first kappa shape index (κ1) is 27.9. The normalized spacial score (nSPS) is 15.4. The van der Waals surface area contributed by atoms with E-state index >= 15 is 0 Å². The molecule has 0 spiro atoms. The van der Waals surface area contributed by atoms with Crippen molar-refractivity contribution in [3.8, 4) is 11.5 Å². The van der Waals surface area contributed by atoms with Crippen LogP contribution < -0.4 is 14.8 Å². The van der Waals surface area contributed by atoms with E-state index in [1.54, 1.807) is 31.3 Å². The number of likely N-dealkylation sites (tertiary alicyclic amines) is 1. The number of anilines is 1. The predicted octanol–water partition coefficient (Wildman–Crippen LogP) is 4.91. The van der Waals surface area contributed by atoms with Crippen molar-refractivity contribution in [1.82, 2.24) is 15.1 Å². The second kappa shape index (κ2) is 13.1. The van der Waals surface area contributed by atoms with Crippen LogP contribution >= 0.6 is 23.6 Å². The van der Waals surface area contributed by atoms with Crippen molar-refractivity contribution in [2.24, 2.45) is 0 Å². The van der Waals surface area contributed by atoms with Gasteiger partial charge in [-0.3, -0.25) is 19.5 Å². The molecule has 1 aliphatic rings. The number of hydrogen-bond acceptors (Lipinski definition) is 8. The van der Waals surface area contributed by atoms with E-state index in [1.807, 2.05) is 48.5 Å². The summed E-state index contributed by atoms with van der Waals surface area (Å²) in [5, 5.41) is 9.58. The number of rotatable bonds is 9. The Kier molecular flexibility index (Phi) is 9.40. The Hall–Kier alpha value is -4.09. The molecule has 2 N–H and O–H groups in total. The number of benzene rings is 2. The SMILES string of the molecule is COc1ccc(/C=C2\CN(C(=O)CCCC(=O)Nc3n[nH]c(=S)s3)C/C(=C\c3ccc(OC)cc3)C2=O)cc1. The maximum atomic E-state index is 13.4. The number of H-pyrrole nitrogens is 1. The lowest BCUT2D eigenvalue weighted by atomic mass is 9.94. The van der Waals surface area contributed by atoms with E-state index in [9.17, 15) is 14.4 Å². The number of carbonyl (C=O) groups is 3. The molecule has 0 atom stereocenters. The molecule has 0 bridgehead atoms. The van der Waals surface area contributed by atoms with Gasteiger partial charge in [0.15, 0.2) is 9.74 Å². The van der Waals surface area contributed by atoms with Crippen LogP contribution in [0.15, 0.2) is 59.7 Å². The van der Waals surface area contributed by atoms with Gasteiger partial charge in [-0.2, -0.15) is 0 Å². The molecular formula is C28H28N4O5S2. The first-order chi connectivity index (χ1) is 18.8. The van der Waals surface area contributed by atoms with E-state index < -0.39 is 0 Å². The lowest BCUT2D eigenvalue weighted by molar-refractivity contribution is -0.131. The van der Waals surface area contributed by atoms with Crippen LogP contribution in [-0.2, 0) is 14.4 Å². The molecule has 1 fully saturated rings. The second-order valence-corrected chi connectivity index (χ2v) is 10.5. The average Bonchev–Trinajstić information content (AvgIpc) is 3.35. The Labute approximate surface area is 235 Å². The number of nitrogens with zero attached hydrogens (tertiary/aromatic N) is 2. The van der Waals surface area contributed by atoms with Gasteiger partial charge >= 0.3 is 0 Å². The number of Topliss-reactive ketones (excluding diaryl/α,β-unsaturated/α-hetero) is 1. The number of methoxy groups -OCH3 is 2. The Bertz CT molecular complexity index is 1390. The van der Waals surface area contributed by atoms with Gasteiger partial charge < -0.3 is 19.7 Å². The molecule has 202 valence electrons. The highest BCUT2D eigenvalue weighted by molar-refractivity contribution is 7.73. The number of aromatic amines is 1. The van der Waals surface area contributed by atoms with Crippen LogP contribution in [0.1, 0.15) is 30.4 Å². The van der Waals surface area contributed by atoms with Crippen LogP contribution in [0.25, 0.3) is 12.2 Å². The summed E-state index contributed by atoms with van der Waals surface area (Å²) in [6, 6.07) is 14.7. The zero-order chi connectivity index (χ0) is 27.8. The molecule has 2 aromatic carbocycles. The molecule has 2 heterocycles. The van der Waals surface area contributed by atoms with Crippen molar-refractivity contribution in [1.29, 1.82) is 0 Å². The summed E-state index contributed by atoms with van der Waals surface area (Å²) in [5.41, 5.74) is 2.68. The van der Waals surface area contributed by atoms with E-state index in [1.165, 1.54) is 11.3 Å². The molecule has 9 nitrogen and oxygen atoms in total. The molecule has 1 aliphatic heterocycles. The first-order valence-electron chi connectivity index (χ1n) is 12.2. The molecule has 1 aromatic heterocycles. The minimum atomic E-state index is -0.241. The van der Waals surface area contributed by atoms with Crippen molar-refractivity contribution < 1.29 is 23.9 Å². The lowest BCUT2D eigenvalue weighted by Gasteiger charge is -2.30. The van der Waals surface area contributed by atoms with Crippen molar-refractivity contribution in [2.75, 3.05) is 32.6 Å². The highest BCUT2D eigenvalue weighted by Gasteiger charge is 2.29. The fourth-order valence-corrected chi connectivity index (χ4v) is 4.85. The van der Waals surface area contributed by atoms with E-state index in [2.05, 4.69) is 15.5 Å². The largest absolute Gasteiger partial charge is 0.497 e. The van der Waals surface area contributed by atoms with Gasteiger partial charge in [0, 0.05) is 37.1 Å². The number of ether oxygens (including phenoxy) is 2. The van der Waals surface area contributed by atoms with Gasteiger partial charge in [-0.1, -0.05) is 35.6 Å². The van der Waals surface area contributed by atoms with Crippen LogP contribution in [-0.4, -0.2) is 60.0 Å². The third-order valence-electron chi connectivity index (χ3n) is 6.05. The quantitative estimate of drug-likeness (QED) is 0.281. The van der Waals surface area contributed by atoms with Gasteiger partial charge in [0.1, 0.15) is 11.5 Å². The van der Waals surface area contributed by atoms with Crippen molar-refractivity contribution >= 4 is 58.4 Å². The number of amides is 2. The van der Waals surface area contributed by atoms with E-state index in [0.717, 1.165) is 11.1 Å². The summed E-state index contributed by atoms with van der Waals surface area (Å²) < 4.78 is 10.9. The fourth-order valence-electron chi connectivity index (χ4n) is 4.04. The van der Waals surface area contributed by atoms with E-state index in [0.29, 0.717) is 38.2 Å². The molecule has 0 unspecified atom stereocenters. The van der Waals surface area contributed by atoms with Crippen LogP contribution in [0, 0.1) is 3.95 Å². The summed E-state index contributed by atoms with van der Waals surface area (Å²) in [6.07, 6.45) is 4.29. The summed E-state index contributed by atoms with van der Waals surface area (Å²) in [7, 11) is 3.19. The van der Waals surface area contributed by atoms with Crippen LogP contribution in [0.4, 0.5) is 5.13 Å². The van der Waals surface area contributed by atoms with Gasteiger partial charge in [0.2, 0.25) is 16.9 Å². The van der Waals surface area contributed by atoms with Crippen LogP contribution in [0.3, 0.4) is 0 Å². The maximum absolute atomic E-state index is 13.4. The minimum absolute atomic E-state index is 0.105. The second-order valence-electron chi connectivity index (χ2n) is 8.78. The van der Waals surface area contributed by atoms with Crippen molar-refractivity contribution in [3.63, 3.8) is 0 Å². The average molecular weight is 565 g/mol. The van der Waals surface area contributed by atoms with Gasteiger partial charge in [0.25, 0.3) is 0 Å². The number of ketones is 1. The highest BCUT2D eigenvalue weighted by atomic mass is 32.1. The fraction of sp³-hybridized carbons (Fsp3) is 0.250. The van der Waals surface area contributed by atoms with Crippen LogP contribution in [0.2, 0.25) is 0 Å². The number of carbonyl (C=O) groups excluding carboxylic acids is 3. The monoisotopic (exact) mass is 564 g/mol. The molecule has 39 heavy (non-hydrogen) atoms. The zero-order valence-electron chi connectivity index (χ0n) is 21.6. The van der Waals surface area contributed by atoms with Gasteiger partial charge in [-0.15, -0.1) is 5.10 Å². The van der Waals surface area contributed by atoms with Gasteiger partial charge in [-0.25, -0.2) is 0 Å². The number of aromatic nitrogens is 2. The van der Waals surface area contributed by atoms with Crippen molar-refractivity contribution in [3.05, 3.63) is 74.8 Å². The molecule has 0 aliphatic carbocycles. The Balaban J connectivity index is 1.49. The van der Waals surface area contributed by atoms with Gasteiger partial charge in [-0.05, 0) is 66.2 Å². The summed E-state index contributed by atoms with van der Waals surface area (Å²) in [5.74, 6) is 0.948. The van der Waals surface area contributed by atoms with Crippen molar-refractivity contribution in [2.45, 2.75) is 19.3 Å². The summed E-state index contributed by atoms with van der Waals surface area (Å²) >= 11 is 6.13. The lowest BCUT2D eigenvalue weighted by Crippen LogP contribution is -2.41. The highest BCUT2D eigenvalue weighted by Crippen LogP contribution is 2.25. The third-order valence-corrected chi connectivity index (χ3v) is 7.06. The van der Waals surface area contributed by atoms with Gasteiger partial charge in [0.05, 0.1) is 14.2 Å². The Morgan fingerprint density at radius 2 is 1.51 bits per heavy atom. The molecule has 4 rings (SSSR count). The van der Waals surface area contributed by atoms with E-state index in [4.69, 9.17) is 21.7 Å². The zero-order valence-corrected chi connectivity index (χ0v) is 23.2. The minimum Gasteiger partial charge on any atom is -0.497 e. The number of nitrogens with one attached hydrogen (secondary N) is 2. The third kappa shape index (κ3) is 7.71. The molecule has 3 aromatic rings. The molecule has 1 saturated heterocycles. The number of hydrogen-bond donors (Lipinski definition) is 2. The first-order valence-corrected chi connectivity index (χ1v) is 13.4. The smallest absolute Gasteiger partial charge is 0.226 e. The molecule has 11 heteroatoms. The standard InChI is InChI=1S/C28H28N4O5S2/c1-36-22-10-6-18(7-11-22)14-20-16-32(17-21(26(20)35)15-19-8-12-23(37-2)13-9-19)25(34)5-3-4-24(33)29-27-30-31-28(38)39-27/h6-15H,3-5,16-17H2,1-2H3,(H,31,38)(H,29,30,33)/b20-14+,21-15+. The molecular weight excluding hydrogens is 536 g/mol. The number of piperidine rings is 1. The Morgan fingerprint density at radius 1 is 0.974 bits per heavy atom. The maximum Gasteiger partial charge on any atom is 0.226 e. The Morgan fingerprint density at radius 3 is 1.97 bits per heavy atom. The van der Waals surface area contributed by atoms with Crippen LogP contribution in [0.5, 0.6) is 11.5 Å². The summed E-state index contributed by atoms with van der Waals surface area (Å²) in [6.45, 7) is 0.374. The van der Waals surface area contributed by atoms with E-state index in [-0.39, 0.29) is 43.5 Å². The molecule has 0 saturated carbocycles. The molecule has 0 radical (unpaired) electrons. The molecule has 2 amide bonds. The topological polar surface area (TPSA) is 114 Å². The summed E-state index contributed by atoms with van der Waals surface area (Å²) in [4.78, 5) is 40.5.